The number of rotatable bonds is 5. The van der Waals surface area contributed by atoms with Crippen molar-refractivity contribution in [2.24, 2.45) is 10.7 Å². The maximum Gasteiger partial charge on any atom is 0.411 e. The van der Waals surface area contributed by atoms with Crippen LogP contribution in [0.2, 0.25) is 0 Å². The first-order valence-electron chi connectivity index (χ1n) is 10.0. The molecule has 0 bridgehead atoms. The highest BCUT2D eigenvalue weighted by atomic mass is 16.5. The number of nitrogens with one attached hydrogen (secondary N) is 1. The summed E-state index contributed by atoms with van der Waals surface area (Å²) in [7, 11) is 1.30. The van der Waals surface area contributed by atoms with Crippen molar-refractivity contribution in [1.29, 1.82) is 0 Å². The molecule has 1 atom stereocenters. The average molecular weight is 425 g/mol. The van der Waals surface area contributed by atoms with E-state index in [2.05, 4.69) is 52.7 Å². The van der Waals surface area contributed by atoms with Crippen LogP contribution in [0, 0.1) is 6.92 Å². The fourth-order valence-corrected chi connectivity index (χ4v) is 3.74. The number of hydrogen-bond donors (Lipinski definition) is 2. The van der Waals surface area contributed by atoms with Crippen molar-refractivity contribution in [1.82, 2.24) is 24.6 Å². The lowest BCUT2D eigenvalue weighted by molar-refractivity contribution is 0.187. The summed E-state index contributed by atoms with van der Waals surface area (Å²) in [5.41, 5.74) is 8.24. The number of anilines is 1. The second-order valence-corrected chi connectivity index (χ2v) is 7.34. The van der Waals surface area contributed by atoms with Crippen LogP contribution in [-0.4, -0.2) is 49.7 Å². The molecule has 31 heavy (non-hydrogen) atoms. The van der Waals surface area contributed by atoms with Crippen LogP contribution in [0.25, 0.3) is 11.4 Å². The largest absolute Gasteiger partial charge is 0.453 e. The summed E-state index contributed by atoms with van der Waals surface area (Å²) >= 11 is 0. The molecule has 2 aromatic heterocycles. The quantitative estimate of drug-likeness (QED) is 0.755. The Balaban J connectivity index is 2.15. The third-order valence-corrected chi connectivity index (χ3v) is 5.09. The van der Waals surface area contributed by atoms with Crippen molar-refractivity contribution in [3.8, 4) is 0 Å². The smallest absolute Gasteiger partial charge is 0.411 e. The standard InChI is InChI=1S/C21H28N8O2/c1-7-17-20-27-26-14(5)29(20)18(10-22)19(28(17)12(2)3)24-13(4)15-8-9-23-11-16(15)25-21(30)31-6/h8-12,17H,4,7,22H2,1-3,5-6H3,(H,25,30)/b18-10+,24-19+/t17-/m1/s1. The van der Waals surface area contributed by atoms with Crippen molar-refractivity contribution in [3.05, 3.63) is 48.5 Å². The molecule has 0 radical (unpaired) electrons. The summed E-state index contributed by atoms with van der Waals surface area (Å²) in [5, 5.41) is 11.3. The number of amidine groups is 1. The molecule has 0 saturated carbocycles. The van der Waals surface area contributed by atoms with Crippen LogP contribution in [0.5, 0.6) is 0 Å². The fourth-order valence-electron chi connectivity index (χ4n) is 3.74. The average Bonchev–Trinajstić information content (AvgIpc) is 3.14. The minimum Gasteiger partial charge on any atom is -0.453 e. The minimum absolute atomic E-state index is 0.0263. The normalized spacial score (nSPS) is 18.4. The van der Waals surface area contributed by atoms with E-state index in [1.54, 1.807) is 12.3 Å². The highest BCUT2D eigenvalue weighted by Crippen LogP contribution is 2.36. The van der Waals surface area contributed by atoms with E-state index >= 15 is 0 Å². The number of carbonyl (C=O) groups excluding carboxylic acids is 1. The Bertz CT molecular complexity index is 1050. The van der Waals surface area contributed by atoms with Crippen LogP contribution in [0.3, 0.4) is 0 Å². The molecule has 10 nitrogen and oxygen atoms in total. The lowest BCUT2D eigenvalue weighted by Crippen LogP contribution is -2.46. The van der Waals surface area contributed by atoms with E-state index in [1.165, 1.54) is 19.5 Å². The van der Waals surface area contributed by atoms with E-state index in [0.29, 0.717) is 28.5 Å². The third-order valence-electron chi connectivity index (χ3n) is 5.09. The number of hydrogen-bond acceptors (Lipinski definition) is 7. The Kier molecular flexibility index (Phi) is 6.38. The van der Waals surface area contributed by atoms with Crippen LogP contribution in [0.15, 0.2) is 36.2 Å². The molecule has 1 amide bonds. The van der Waals surface area contributed by atoms with E-state index in [4.69, 9.17) is 15.5 Å². The number of nitrogens with zero attached hydrogens (tertiary/aromatic N) is 6. The monoisotopic (exact) mass is 424 g/mol. The lowest BCUT2D eigenvalue weighted by atomic mass is 10.0. The molecule has 164 valence electrons. The summed E-state index contributed by atoms with van der Waals surface area (Å²) in [6.07, 6.45) is 4.85. The Morgan fingerprint density at radius 2 is 2.19 bits per heavy atom. The van der Waals surface area contributed by atoms with Gasteiger partial charge < -0.3 is 15.4 Å². The number of amides is 1. The molecular weight excluding hydrogens is 396 g/mol. The number of ether oxygens (including phenoxy) is 1. The van der Waals surface area contributed by atoms with Gasteiger partial charge in [0.15, 0.2) is 11.7 Å². The van der Waals surface area contributed by atoms with Gasteiger partial charge in [-0.1, -0.05) is 13.5 Å². The Morgan fingerprint density at radius 3 is 2.81 bits per heavy atom. The molecule has 0 saturated heterocycles. The van der Waals surface area contributed by atoms with Crippen molar-refractivity contribution >= 4 is 29.0 Å². The molecule has 1 aliphatic heterocycles. The molecule has 3 rings (SSSR count). The van der Waals surface area contributed by atoms with Gasteiger partial charge in [0.05, 0.1) is 30.7 Å². The molecule has 0 unspecified atom stereocenters. The van der Waals surface area contributed by atoms with Crippen molar-refractivity contribution in [3.63, 3.8) is 0 Å². The van der Waals surface area contributed by atoms with Gasteiger partial charge >= 0.3 is 6.09 Å². The molecule has 2 aromatic rings. The molecule has 0 spiro atoms. The van der Waals surface area contributed by atoms with Gasteiger partial charge in [0.25, 0.3) is 0 Å². The fraction of sp³-hybridized carbons (Fsp3) is 0.381. The first kappa shape index (κ1) is 22.0. The van der Waals surface area contributed by atoms with Gasteiger partial charge in [0.1, 0.15) is 11.5 Å². The molecule has 0 aromatic carbocycles. The molecule has 1 aliphatic rings. The number of aryl methyl sites for hydroxylation is 1. The van der Waals surface area contributed by atoms with Gasteiger partial charge in [-0.3, -0.25) is 14.9 Å². The number of fused-ring (bicyclic) bond motifs is 1. The second kappa shape index (κ2) is 8.99. The maximum absolute atomic E-state index is 11.7. The SMILES string of the molecule is C=C(/N=C1\C(=C/N)n2c(C)nnc2[C@@H](CC)N1C(C)C)c1ccncc1NC(=O)OC. The molecule has 3 N–H and O–H groups in total. The lowest BCUT2D eigenvalue weighted by Gasteiger charge is -2.41. The maximum atomic E-state index is 11.7. The predicted octanol–water partition coefficient (Wildman–Crippen LogP) is 3.16. The predicted molar refractivity (Wildman–Crippen MR) is 120 cm³/mol. The zero-order valence-corrected chi connectivity index (χ0v) is 18.5. The minimum atomic E-state index is -0.602. The van der Waals surface area contributed by atoms with E-state index in [1.807, 2.05) is 11.5 Å². The summed E-state index contributed by atoms with van der Waals surface area (Å²) in [4.78, 5) is 22.9. The number of pyridine rings is 1. The Labute approximate surface area is 181 Å². The number of carbonyl (C=O) groups is 1. The topological polar surface area (TPSA) is 124 Å². The molecule has 3 heterocycles. The van der Waals surface area contributed by atoms with Gasteiger partial charge in [-0.25, -0.2) is 9.79 Å². The van der Waals surface area contributed by atoms with E-state index in [0.717, 1.165) is 18.1 Å². The van der Waals surface area contributed by atoms with E-state index in [-0.39, 0.29) is 12.1 Å². The summed E-state index contributed by atoms with van der Waals surface area (Å²) in [5.74, 6) is 2.21. The molecule has 0 aliphatic carbocycles. The van der Waals surface area contributed by atoms with Crippen molar-refractivity contribution in [2.45, 2.75) is 46.2 Å². The number of nitrogens with two attached hydrogens (primary N) is 1. The zero-order chi connectivity index (χ0) is 22.7. The van der Waals surface area contributed by atoms with Crippen LogP contribution >= 0.6 is 0 Å². The van der Waals surface area contributed by atoms with Crippen LogP contribution < -0.4 is 11.1 Å². The van der Waals surface area contributed by atoms with Crippen LogP contribution in [-0.2, 0) is 4.74 Å². The van der Waals surface area contributed by atoms with Gasteiger partial charge in [-0.05, 0) is 33.3 Å². The van der Waals surface area contributed by atoms with Crippen molar-refractivity contribution < 1.29 is 9.53 Å². The first-order chi connectivity index (χ1) is 14.8. The Hall–Kier alpha value is -3.69. The van der Waals surface area contributed by atoms with E-state index in [9.17, 15) is 4.79 Å². The second-order valence-electron chi connectivity index (χ2n) is 7.34. The summed E-state index contributed by atoms with van der Waals surface area (Å²) in [6.45, 7) is 12.3. The molecule has 10 heteroatoms. The highest BCUT2D eigenvalue weighted by molar-refractivity contribution is 6.19. The van der Waals surface area contributed by atoms with Gasteiger partial charge in [0, 0.05) is 24.0 Å². The number of aromatic nitrogens is 4. The first-order valence-corrected chi connectivity index (χ1v) is 10.0. The van der Waals surface area contributed by atoms with Crippen LogP contribution in [0.4, 0.5) is 10.5 Å². The van der Waals surface area contributed by atoms with Gasteiger partial charge in [-0.2, -0.15) is 0 Å². The number of aliphatic imine (C=N–C) groups is 1. The van der Waals surface area contributed by atoms with Gasteiger partial charge in [-0.15, -0.1) is 10.2 Å². The van der Waals surface area contributed by atoms with E-state index < -0.39 is 6.09 Å². The zero-order valence-electron chi connectivity index (χ0n) is 18.5. The van der Waals surface area contributed by atoms with Crippen LogP contribution in [0.1, 0.15) is 50.4 Å². The summed E-state index contributed by atoms with van der Waals surface area (Å²) in [6, 6.07) is 1.82. The summed E-state index contributed by atoms with van der Waals surface area (Å²) < 4.78 is 6.63. The Morgan fingerprint density at radius 1 is 1.45 bits per heavy atom. The van der Waals surface area contributed by atoms with Gasteiger partial charge in [0.2, 0.25) is 0 Å². The molecular formula is C21H28N8O2. The highest BCUT2D eigenvalue weighted by Gasteiger charge is 2.37. The third kappa shape index (κ3) is 4.00. The van der Waals surface area contributed by atoms with Crippen molar-refractivity contribution in [2.75, 3.05) is 12.4 Å². The number of methoxy groups -OCH3 is 1. The molecule has 0 fully saturated rings.